The highest BCUT2D eigenvalue weighted by Gasteiger charge is 2.21. The predicted molar refractivity (Wildman–Crippen MR) is 221 cm³/mol. The topological polar surface area (TPSA) is 17.0 Å². The molecule has 10 rings (SSSR count). The lowest BCUT2D eigenvalue weighted by atomic mass is 9.91. The molecule has 2 aliphatic rings. The van der Waals surface area contributed by atoms with Crippen molar-refractivity contribution in [2.45, 2.75) is 12.5 Å². The molecule has 2 heteroatoms. The molecule has 2 nitrogen and oxygen atoms in total. The minimum absolute atomic E-state index is 0.0372. The molecule has 0 saturated heterocycles. The number of dihydropyridines is 1. The van der Waals surface area contributed by atoms with Gasteiger partial charge >= 0.3 is 0 Å². The second-order valence-electron chi connectivity index (χ2n) is 13.8. The SMILES string of the molecule is C1=Cc2cc(-c3ccc4c(c3)c3ccccc3n4C3=CC(c4ccccc4)NC(c4ccccc4)=C3)ccc2CC(c2cccc3ccccc23)=C1. The minimum Gasteiger partial charge on any atom is -0.374 e. The van der Waals surface area contributed by atoms with Crippen molar-refractivity contribution >= 4 is 55.6 Å². The Kier molecular flexibility index (Phi) is 7.32. The van der Waals surface area contributed by atoms with Crippen LogP contribution < -0.4 is 5.32 Å². The van der Waals surface area contributed by atoms with E-state index in [4.69, 9.17) is 0 Å². The molecule has 1 unspecified atom stereocenters. The van der Waals surface area contributed by atoms with Crippen molar-refractivity contribution < 1.29 is 0 Å². The summed E-state index contributed by atoms with van der Waals surface area (Å²) in [6, 6.07) is 59.5. The van der Waals surface area contributed by atoms with Gasteiger partial charge in [-0.1, -0.05) is 158 Å². The number of aromatic nitrogens is 1. The molecule has 7 aromatic carbocycles. The predicted octanol–water partition coefficient (Wildman–Crippen LogP) is 12.5. The molecule has 0 spiro atoms. The van der Waals surface area contributed by atoms with Crippen LogP contribution in [0.4, 0.5) is 0 Å². The van der Waals surface area contributed by atoms with Crippen molar-refractivity contribution in [1.82, 2.24) is 9.88 Å². The molecule has 0 saturated carbocycles. The van der Waals surface area contributed by atoms with Crippen molar-refractivity contribution in [1.29, 1.82) is 0 Å². The maximum absolute atomic E-state index is 3.82. The van der Waals surface area contributed by atoms with Gasteiger partial charge in [0.25, 0.3) is 0 Å². The minimum atomic E-state index is 0.0372. The van der Waals surface area contributed by atoms with Gasteiger partial charge in [-0.3, -0.25) is 0 Å². The van der Waals surface area contributed by atoms with E-state index in [0.29, 0.717) is 0 Å². The zero-order chi connectivity index (χ0) is 34.4. The highest BCUT2D eigenvalue weighted by Crippen LogP contribution is 2.39. The third kappa shape index (κ3) is 5.28. The molecule has 1 aromatic heterocycles. The van der Waals surface area contributed by atoms with Gasteiger partial charge in [0.1, 0.15) is 0 Å². The van der Waals surface area contributed by atoms with E-state index < -0.39 is 0 Å². The number of rotatable bonds is 5. The molecular weight excluding hydrogens is 629 g/mol. The fourth-order valence-corrected chi connectivity index (χ4v) is 8.12. The molecule has 1 N–H and O–H groups in total. The van der Waals surface area contributed by atoms with E-state index in [1.807, 2.05) is 0 Å². The molecule has 2 heterocycles. The lowest BCUT2D eigenvalue weighted by Gasteiger charge is -2.26. The van der Waals surface area contributed by atoms with Crippen LogP contribution in [0.2, 0.25) is 0 Å². The summed E-state index contributed by atoms with van der Waals surface area (Å²) in [5.74, 6) is 0. The van der Waals surface area contributed by atoms with Gasteiger partial charge in [-0.05, 0) is 98.1 Å². The smallest absolute Gasteiger partial charge is 0.0721 e. The third-order valence-electron chi connectivity index (χ3n) is 10.7. The number of allylic oxidation sites excluding steroid dienone is 5. The maximum atomic E-state index is 3.82. The summed E-state index contributed by atoms with van der Waals surface area (Å²) >= 11 is 0. The van der Waals surface area contributed by atoms with Crippen molar-refractivity contribution in [3.05, 3.63) is 216 Å². The van der Waals surface area contributed by atoms with Gasteiger partial charge in [-0.2, -0.15) is 0 Å². The van der Waals surface area contributed by atoms with Gasteiger partial charge in [0.05, 0.1) is 17.1 Å². The summed E-state index contributed by atoms with van der Waals surface area (Å²) in [4.78, 5) is 0. The highest BCUT2D eigenvalue weighted by molar-refractivity contribution is 6.12. The number of nitrogens with one attached hydrogen (secondary N) is 1. The quantitative estimate of drug-likeness (QED) is 0.194. The number of hydrogen-bond acceptors (Lipinski definition) is 1. The van der Waals surface area contributed by atoms with Gasteiger partial charge in [0.2, 0.25) is 0 Å². The van der Waals surface area contributed by atoms with E-state index >= 15 is 0 Å². The van der Waals surface area contributed by atoms with E-state index in [-0.39, 0.29) is 6.04 Å². The fourth-order valence-electron chi connectivity index (χ4n) is 8.12. The van der Waals surface area contributed by atoms with Crippen LogP contribution >= 0.6 is 0 Å². The third-order valence-corrected chi connectivity index (χ3v) is 10.7. The van der Waals surface area contributed by atoms with Crippen LogP contribution in [0.1, 0.15) is 33.9 Å². The standard InChI is InChI=1S/C50H36N2/c1-3-14-35(15-4-1)47-32-42(33-48(51-47)36-16-5-2-6-17-36)52-49-24-10-9-22-45(49)46-31-40(27-28-50(46)52)38-25-26-39-30-41(20-11-19-37(39)29-38)44-23-12-18-34-13-7-8-21-43(34)44/h1-29,31-33,47,51H,30H2. The van der Waals surface area contributed by atoms with E-state index in [9.17, 15) is 0 Å². The van der Waals surface area contributed by atoms with Crippen LogP contribution in [0.3, 0.4) is 0 Å². The Morgan fingerprint density at radius 2 is 1.27 bits per heavy atom. The molecule has 0 fully saturated rings. The van der Waals surface area contributed by atoms with Gasteiger partial charge in [-0.25, -0.2) is 0 Å². The highest BCUT2D eigenvalue weighted by atomic mass is 15.0. The number of hydrogen-bond donors (Lipinski definition) is 1. The molecule has 0 amide bonds. The van der Waals surface area contributed by atoms with Gasteiger partial charge in [0, 0.05) is 22.2 Å². The van der Waals surface area contributed by atoms with Crippen molar-refractivity contribution in [2.75, 3.05) is 0 Å². The van der Waals surface area contributed by atoms with Crippen LogP contribution in [0.15, 0.2) is 188 Å². The number of benzene rings is 7. The van der Waals surface area contributed by atoms with E-state index in [1.165, 1.54) is 77.1 Å². The number of para-hydroxylation sites is 1. The first-order valence-corrected chi connectivity index (χ1v) is 18.1. The molecular formula is C50H36N2. The number of nitrogens with zero attached hydrogens (tertiary/aromatic N) is 1. The average Bonchev–Trinajstić information content (AvgIpc) is 3.39. The summed E-state index contributed by atoms with van der Waals surface area (Å²) in [5, 5.41) is 8.91. The van der Waals surface area contributed by atoms with Crippen LogP contribution in [-0.2, 0) is 6.42 Å². The normalized spacial score (nSPS) is 15.5. The van der Waals surface area contributed by atoms with Gasteiger partial charge in [-0.15, -0.1) is 0 Å². The molecule has 8 aromatic rings. The summed E-state index contributed by atoms with van der Waals surface area (Å²) < 4.78 is 2.44. The molecule has 52 heavy (non-hydrogen) atoms. The lowest BCUT2D eigenvalue weighted by molar-refractivity contribution is 0.762. The summed E-state index contributed by atoms with van der Waals surface area (Å²) in [5.41, 5.74) is 14.8. The summed E-state index contributed by atoms with van der Waals surface area (Å²) in [6.07, 6.45) is 12.3. The zero-order valence-corrected chi connectivity index (χ0v) is 28.7. The molecule has 0 radical (unpaired) electrons. The first-order valence-electron chi connectivity index (χ1n) is 18.1. The average molecular weight is 665 g/mol. The maximum Gasteiger partial charge on any atom is 0.0721 e. The Hall–Kier alpha value is -6.64. The summed E-state index contributed by atoms with van der Waals surface area (Å²) in [6.45, 7) is 0. The van der Waals surface area contributed by atoms with Gasteiger partial charge in [0.15, 0.2) is 0 Å². The zero-order valence-electron chi connectivity index (χ0n) is 28.7. The van der Waals surface area contributed by atoms with E-state index in [0.717, 1.165) is 17.8 Å². The lowest BCUT2D eigenvalue weighted by Crippen LogP contribution is -2.22. The monoisotopic (exact) mass is 664 g/mol. The number of fused-ring (bicyclic) bond motifs is 5. The molecule has 0 bridgehead atoms. The van der Waals surface area contributed by atoms with Gasteiger partial charge < -0.3 is 9.88 Å². The Morgan fingerprint density at radius 1 is 0.558 bits per heavy atom. The fraction of sp³-hybridized carbons (Fsp3) is 0.0400. The van der Waals surface area contributed by atoms with E-state index in [2.05, 4.69) is 204 Å². The largest absolute Gasteiger partial charge is 0.374 e. The first-order chi connectivity index (χ1) is 25.8. The van der Waals surface area contributed by atoms with Crippen molar-refractivity contribution in [3.63, 3.8) is 0 Å². The Bertz CT molecular complexity index is 2770. The summed E-state index contributed by atoms with van der Waals surface area (Å²) in [7, 11) is 0. The Balaban J connectivity index is 1.05. The van der Waals surface area contributed by atoms with Crippen molar-refractivity contribution in [3.8, 4) is 11.1 Å². The van der Waals surface area contributed by atoms with Crippen LogP contribution in [0, 0.1) is 0 Å². The molecule has 1 atom stereocenters. The van der Waals surface area contributed by atoms with Crippen molar-refractivity contribution in [2.24, 2.45) is 0 Å². The second kappa shape index (κ2) is 12.6. The van der Waals surface area contributed by atoms with Crippen LogP contribution in [0.25, 0.3) is 66.7 Å². The molecule has 1 aliphatic heterocycles. The Morgan fingerprint density at radius 3 is 2.15 bits per heavy atom. The Labute approximate surface area is 304 Å². The second-order valence-corrected chi connectivity index (χ2v) is 13.8. The molecule has 246 valence electrons. The molecule has 1 aliphatic carbocycles. The van der Waals surface area contributed by atoms with Crippen LogP contribution in [0.5, 0.6) is 0 Å². The van der Waals surface area contributed by atoms with E-state index in [1.54, 1.807) is 0 Å². The first kappa shape index (κ1) is 30.2. The van der Waals surface area contributed by atoms with Crippen LogP contribution in [-0.4, -0.2) is 4.57 Å².